The van der Waals surface area contributed by atoms with Gasteiger partial charge in [0.25, 0.3) is 5.69 Å². The van der Waals surface area contributed by atoms with Gasteiger partial charge >= 0.3 is 0 Å². The normalized spacial score (nSPS) is 14.1. The summed E-state index contributed by atoms with van der Waals surface area (Å²) in [6.07, 6.45) is 0.922. The van der Waals surface area contributed by atoms with E-state index in [9.17, 15) is 14.9 Å². The summed E-state index contributed by atoms with van der Waals surface area (Å²) in [7, 11) is 0. The van der Waals surface area contributed by atoms with Crippen molar-refractivity contribution in [1.82, 2.24) is 0 Å². The highest BCUT2D eigenvalue weighted by Gasteiger charge is 2.22. The number of rotatable bonds is 3. The van der Waals surface area contributed by atoms with Crippen LogP contribution in [0.4, 0.5) is 17.1 Å². The first-order chi connectivity index (χ1) is 8.47. The summed E-state index contributed by atoms with van der Waals surface area (Å²) in [6, 6.07) is 3.27. The molecule has 1 amide bonds. The molecule has 0 radical (unpaired) electrons. The molecule has 0 saturated heterocycles. The second-order valence-electron chi connectivity index (χ2n) is 4.63. The van der Waals surface area contributed by atoms with Crippen molar-refractivity contribution in [2.24, 2.45) is 0 Å². The molecule has 2 N–H and O–H groups in total. The highest BCUT2D eigenvalue weighted by atomic mass is 16.6. The van der Waals surface area contributed by atoms with Crippen molar-refractivity contribution >= 4 is 23.0 Å². The van der Waals surface area contributed by atoms with Crippen LogP contribution in [0.25, 0.3) is 0 Å². The lowest BCUT2D eigenvalue weighted by Gasteiger charge is -2.19. The Morgan fingerprint density at radius 1 is 1.39 bits per heavy atom. The van der Waals surface area contributed by atoms with Gasteiger partial charge in [0.2, 0.25) is 5.91 Å². The minimum absolute atomic E-state index is 0.0492. The van der Waals surface area contributed by atoms with E-state index in [0.29, 0.717) is 24.2 Å². The number of nitrogens with zero attached hydrogens (tertiary/aromatic N) is 1. The molecule has 1 aliphatic rings. The Morgan fingerprint density at radius 3 is 2.72 bits per heavy atom. The Morgan fingerprint density at radius 2 is 2.11 bits per heavy atom. The Bertz CT molecular complexity index is 512. The quantitative estimate of drug-likeness (QED) is 0.636. The van der Waals surface area contributed by atoms with E-state index < -0.39 is 4.92 Å². The number of hydrogen-bond donors (Lipinski definition) is 2. The number of carbonyl (C=O) groups is 1. The van der Waals surface area contributed by atoms with Crippen LogP contribution >= 0.6 is 0 Å². The van der Waals surface area contributed by atoms with E-state index in [0.717, 1.165) is 5.56 Å². The van der Waals surface area contributed by atoms with Gasteiger partial charge in [-0.2, -0.15) is 0 Å². The van der Waals surface area contributed by atoms with Crippen molar-refractivity contribution in [3.8, 4) is 0 Å². The van der Waals surface area contributed by atoms with Gasteiger partial charge in [0.05, 0.1) is 4.92 Å². The van der Waals surface area contributed by atoms with Gasteiger partial charge in [0.1, 0.15) is 5.69 Å². The van der Waals surface area contributed by atoms with Crippen LogP contribution in [0.3, 0.4) is 0 Å². The first-order valence-corrected chi connectivity index (χ1v) is 5.85. The maximum Gasteiger partial charge on any atom is 0.292 e. The molecule has 96 valence electrons. The lowest BCUT2D eigenvalue weighted by Crippen LogP contribution is -2.20. The Hall–Kier alpha value is -2.11. The summed E-state index contributed by atoms with van der Waals surface area (Å²) in [5, 5.41) is 16.8. The van der Waals surface area contributed by atoms with Crippen molar-refractivity contribution < 1.29 is 9.72 Å². The number of fused-ring (bicyclic) bond motifs is 1. The zero-order valence-corrected chi connectivity index (χ0v) is 10.3. The maximum atomic E-state index is 11.3. The smallest absolute Gasteiger partial charge is 0.292 e. The van der Waals surface area contributed by atoms with E-state index in [1.54, 1.807) is 12.1 Å². The van der Waals surface area contributed by atoms with E-state index in [2.05, 4.69) is 10.6 Å². The van der Waals surface area contributed by atoms with E-state index in [4.69, 9.17) is 0 Å². The highest BCUT2D eigenvalue weighted by molar-refractivity contribution is 5.95. The fourth-order valence-corrected chi connectivity index (χ4v) is 1.99. The van der Waals surface area contributed by atoms with Crippen molar-refractivity contribution in [3.05, 3.63) is 27.8 Å². The summed E-state index contributed by atoms with van der Waals surface area (Å²) < 4.78 is 0. The number of nitro benzene ring substituents is 1. The predicted octanol–water partition coefficient (Wildman–Crippen LogP) is 2.30. The van der Waals surface area contributed by atoms with Crippen molar-refractivity contribution in [2.75, 3.05) is 10.6 Å². The van der Waals surface area contributed by atoms with Crippen LogP contribution in [0.15, 0.2) is 12.1 Å². The average Bonchev–Trinajstić information content (AvgIpc) is 2.26. The summed E-state index contributed by atoms with van der Waals surface area (Å²) in [4.78, 5) is 21.9. The highest BCUT2D eigenvalue weighted by Crippen LogP contribution is 2.34. The van der Waals surface area contributed by atoms with Crippen LogP contribution in [0.2, 0.25) is 0 Å². The standard InChI is InChI=1S/C12H15N3O3/c1-7(2)13-10-6-9-8(3-4-12(16)14-9)5-11(10)15(17)18/h5-7,13H,3-4H2,1-2H3,(H,14,16). The Kier molecular flexibility index (Phi) is 3.18. The molecule has 1 aromatic rings. The molecule has 2 rings (SSSR count). The first kappa shape index (κ1) is 12.3. The summed E-state index contributed by atoms with van der Waals surface area (Å²) in [6.45, 7) is 3.81. The van der Waals surface area contributed by atoms with Gasteiger partial charge in [-0.15, -0.1) is 0 Å². The van der Waals surface area contributed by atoms with Gasteiger partial charge in [0, 0.05) is 24.2 Å². The number of nitrogens with one attached hydrogen (secondary N) is 2. The van der Waals surface area contributed by atoms with Crippen molar-refractivity contribution in [1.29, 1.82) is 0 Å². The molecule has 0 atom stereocenters. The molecule has 0 bridgehead atoms. The van der Waals surface area contributed by atoms with Crippen LogP contribution < -0.4 is 10.6 Å². The van der Waals surface area contributed by atoms with E-state index in [1.165, 1.54) is 0 Å². The maximum absolute atomic E-state index is 11.3. The SMILES string of the molecule is CC(C)Nc1cc2c(cc1[N+](=O)[O-])CCC(=O)N2. The van der Waals surface area contributed by atoms with Gasteiger partial charge < -0.3 is 10.6 Å². The van der Waals surface area contributed by atoms with Gasteiger partial charge in [-0.1, -0.05) is 0 Å². The van der Waals surface area contributed by atoms with E-state index in [-0.39, 0.29) is 17.6 Å². The molecular weight excluding hydrogens is 234 g/mol. The first-order valence-electron chi connectivity index (χ1n) is 5.85. The number of benzene rings is 1. The topological polar surface area (TPSA) is 84.3 Å². The second kappa shape index (κ2) is 4.64. The zero-order valence-electron chi connectivity index (χ0n) is 10.3. The van der Waals surface area contributed by atoms with Crippen molar-refractivity contribution in [3.63, 3.8) is 0 Å². The minimum Gasteiger partial charge on any atom is -0.377 e. The minimum atomic E-state index is -0.401. The van der Waals surface area contributed by atoms with E-state index >= 15 is 0 Å². The van der Waals surface area contributed by atoms with E-state index in [1.807, 2.05) is 13.8 Å². The Balaban J connectivity index is 2.46. The van der Waals surface area contributed by atoms with Gasteiger partial charge in [-0.25, -0.2) is 0 Å². The van der Waals surface area contributed by atoms with Gasteiger partial charge in [-0.05, 0) is 31.9 Å². The molecule has 6 heteroatoms. The second-order valence-corrected chi connectivity index (χ2v) is 4.63. The van der Waals surface area contributed by atoms with Crippen molar-refractivity contribution in [2.45, 2.75) is 32.7 Å². The molecule has 0 aromatic heterocycles. The van der Waals surface area contributed by atoms with Crippen LogP contribution in [0.5, 0.6) is 0 Å². The van der Waals surface area contributed by atoms with Gasteiger partial charge in [0.15, 0.2) is 0 Å². The third-order valence-electron chi connectivity index (χ3n) is 2.76. The number of hydrogen-bond acceptors (Lipinski definition) is 4. The molecule has 0 spiro atoms. The molecule has 0 fully saturated rings. The third-order valence-corrected chi connectivity index (χ3v) is 2.76. The van der Waals surface area contributed by atoms with Crippen LogP contribution in [0, 0.1) is 10.1 Å². The number of anilines is 2. The molecule has 0 aliphatic carbocycles. The molecule has 6 nitrogen and oxygen atoms in total. The zero-order chi connectivity index (χ0) is 13.3. The van der Waals surface area contributed by atoms with Crippen LogP contribution in [-0.4, -0.2) is 16.9 Å². The monoisotopic (exact) mass is 249 g/mol. The average molecular weight is 249 g/mol. The summed E-state index contributed by atoms with van der Waals surface area (Å²) in [5.41, 5.74) is 1.98. The number of nitro groups is 1. The summed E-state index contributed by atoms with van der Waals surface area (Å²) in [5.74, 6) is -0.0492. The van der Waals surface area contributed by atoms with Crippen LogP contribution in [-0.2, 0) is 11.2 Å². The van der Waals surface area contributed by atoms with Crippen LogP contribution in [0.1, 0.15) is 25.8 Å². The third kappa shape index (κ3) is 2.42. The fraction of sp³-hybridized carbons (Fsp3) is 0.417. The van der Waals surface area contributed by atoms with Gasteiger partial charge in [-0.3, -0.25) is 14.9 Å². The Labute approximate surface area is 105 Å². The number of amides is 1. The molecule has 1 heterocycles. The predicted molar refractivity (Wildman–Crippen MR) is 68.8 cm³/mol. The molecule has 1 aliphatic heterocycles. The lowest BCUT2D eigenvalue weighted by atomic mass is 10.0. The molecular formula is C12H15N3O3. The number of carbonyl (C=O) groups excluding carboxylic acids is 1. The molecule has 18 heavy (non-hydrogen) atoms. The summed E-state index contributed by atoms with van der Waals surface area (Å²) >= 11 is 0. The molecule has 0 saturated carbocycles. The largest absolute Gasteiger partial charge is 0.377 e. The number of aryl methyl sites for hydroxylation is 1. The molecule has 1 aromatic carbocycles. The molecule has 0 unspecified atom stereocenters. The fourth-order valence-electron chi connectivity index (χ4n) is 1.99. The lowest BCUT2D eigenvalue weighted by molar-refractivity contribution is -0.384.